The normalized spacial score (nSPS) is 44.3. The zero-order valence-electron chi connectivity index (χ0n) is 11.1. The molecule has 4 aliphatic carbocycles. The second kappa shape index (κ2) is 4.33. The smallest absolute Gasteiger partial charge is 0.377 e. The van der Waals surface area contributed by atoms with E-state index in [2.05, 4.69) is 0 Å². The molecule has 4 bridgehead atoms. The van der Waals surface area contributed by atoms with E-state index in [1.165, 1.54) is 32.1 Å². The molecule has 3 nitrogen and oxygen atoms in total. The molecule has 0 N–H and O–H groups in total. The molecule has 4 heteroatoms. The highest BCUT2D eigenvalue weighted by Crippen LogP contribution is 2.61. The summed E-state index contributed by atoms with van der Waals surface area (Å²) in [5.41, 5.74) is 0.565. The monoisotopic (exact) mass is 256 g/mol. The van der Waals surface area contributed by atoms with Crippen LogP contribution in [0.4, 0.5) is 0 Å². The fourth-order valence-corrected chi connectivity index (χ4v) is 8.18. The van der Waals surface area contributed by atoms with Gasteiger partial charge in [0.2, 0.25) is 0 Å². The first-order valence-corrected chi connectivity index (χ1v) is 8.68. The molecule has 17 heavy (non-hydrogen) atoms. The van der Waals surface area contributed by atoms with E-state index in [0.29, 0.717) is 5.54 Å². The van der Waals surface area contributed by atoms with Gasteiger partial charge in [-0.2, -0.15) is 0 Å². The van der Waals surface area contributed by atoms with E-state index in [1.807, 2.05) is 0 Å². The molecule has 4 rings (SSSR count). The van der Waals surface area contributed by atoms with Crippen molar-refractivity contribution in [3.8, 4) is 0 Å². The first-order valence-electron chi connectivity index (χ1n) is 6.87. The molecule has 4 saturated carbocycles. The Morgan fingerprint density at radius 2 is 1.12 bits per heavy atom. The van der Waals surface area contributed by atoms with Gasteiger partial charge in [0.15, 0.2) is 0 Å². The predicted molar refractivity (Wildman–Crippen MR) is 67.6 cm³/mol. The average Bonchev–Trinajstić information content (AvgIpc) is 2.33. The standard InChI is InChI=1S/C13H24O3Si/c1-14-17(15-2,16-3)13-11-5-9-4-10(7-11)8-12(13)6-9/h9-13H,4-8H2,1-3H3. The van der Waals surface area contributed by atoms with E-state index in [1.54, 1.807) is 21.3 Å². The molecule has 0 atom stereocenters. The fraction of sp³-hybridized carbons (Fsp3) is 1.00. The van der Waals surface area contributed by atoms with Gasteiger partial charge in [0.25, 0.3) is 0 Å². The van der Waals surface area contributed by atoms with Crippen LogP contribution in [0.2, 0.25) is 5.54 Å². The average molecular weight is 256 g/mol. The Morgan fingerprint density at radius 1 is 0.706 bits per heavy atom. The molecule has 0 aromatic carbocycles. The molecule has 0 radical (unpaired) electrons. The van der Waals surface area contributed by atoms with Crippen LogP contribution in [0.1, 0.15) is 32.1 Å². The lowest BCUT2D eigenvalue weighted by atomic mass is 9.56. The first kappa shape index (κ1) is 12.1. The van der Waals surface area contributed by atoms with Crippen molar-refractivity contribution in [2.24, 2.45) is 23.7 Å². The van der Waals surface area contributed by atoms with E-state index < -0.39 is 8.80 Å². The second-order valence-corrected chi connectivity index (χ2v) is 9.27. The van der Waals surface area contributed by atoms with Crippen LogP contribution in [-0.2, 0) is 13.3 Å². The Balaban J connectivity index is 1.87. The van der Waals surface area contributed by atoms with E-state index in [-0.39, 0.29) is 0 Å². The summed E-state index contributed by atoms with van der Waals surface area (Å²) in [5.74, 6) is 3.59. The predicted octanol–water partition coefficient (Wildman–Crippen LogP) is 2.69. The fourth-order valence-electron chi connectivity index (χ4n) is 5.16. The largest absolute Gasteiger partial charge is 0.503 e. The first-order chi connectivity index (χ1) is 8.22. The summed E-state index contributed by atoms with van der Waals surface area (Å²) >= 11 is 0. The van der Waals surface area contributed by atoms with Gasteiger partial charge in [-0.05, 0) is 55.8 Å². The van der Waals surface area contributed by atoms with Gasteiger partial charge < -0.3 is 13.3 Å². The quantitative estimate of drug-likeness (QED) is 0.724. The molecule has 0 heterocycles. The Morgan fingerprint density at radius 3 is 1.47 bits per heavy atom. The van der Waals surface area contributed by atoms with Gasteiger partial charge in [-0.1, -0.05) is 0 Å². The van der Waals surface area contributed by atoms with Crippen LogP contribution in [-0.4, -0.2) is 30.1 Å². The lowest BCUT2D eigenvalue weighted by Crippen LogP contribution is -2.58. The van der Waals surface area contributed by atoms with Crippen molar-refractivity contribution in [1.29, 1.82) is 0 Å². The minimum atomic E-state index is -2.42. The van der Waals surface area contributed by atoms with Crippen LogP contribution < -0.4 is 0 Å². The van der Waals surface area contributed by atoms with Crippen LogP contribution in [0.15, 0.2) is 0 Å². The summed E-state index contributed by atoms with van der Waals surface area (Å²) in [6.45, 7) is 0. The Kier molecular flexibility index (Phi) is 3.10. The molecule has 0 aliphatic heterocycles. The lowest BCUT2D eigenvalue weighted by Gasteiger charge is -2.56. The molecule has 98 valence electrons. The van der Waals surface area contributed by atoms with Crippen LogP contribution in [0.25, 0.3) is 0 Å². The second-order valence-electron chi connectivity index (χ2n) is 6.17. The van der Waals surface area contributed by atoms with Gasteiger partial charge in [0, 0.05) is 26.9 Å². The number of hydrogen-bond donors (Lipinski definition) is 0. The lowest BCUT2D eigenvalue weighted by molar-refractivity contribution is -0.0180. The topological polar surface area (TPSA) is 27.7 Å². The van der Waals surface area contributed by atoms with E-state index in [4.69, 9.17) is 13.3 Å². The van der Waals surface area contributed by atoms with Crippen molar-refractivity contribution >= 4 is 8.80 Å². The molecular weight excluding hydrogens is 232 g/mol. The van der Waals surface area contributed by atoms with Crippen molar-refractivity contribution in [3.05, 3.63) is 0 Å². The maximum Gasteiger partial charge on any atom is 0.503 e. The van der Waals surface area contributed by atoms with Gasteiger partial charge in [0.05, 0.1) is 0 Å². The molecule has 0 spiro atoms. The third kappa shape index (κ3) is 1.72. The molecular formula is C13H24O3Si. The van der Waals surface area contributed by atoms with Crippen molar-refractivity contribution < 1.29 is 13.3 Å². The zero-order valence-corrected chi connectivity index (χ0v) is 12.1. The van der Waals surface area contributed by atoms with Gasteiger partial charge in [-0.15, -0.1) is 0 Å². The van der Waals surface area contributed by atoms with E-state index in [9.17, 15) is 0 Å². The van der Waals surface area contributed by atoms with Crippen LogP contribution >= 0.6 is 0 Å². The van der Waals surface area contributed by atoms with Crippen molar-refractivity contribution in [2.45, 2.75) is 37.6 Å². The van der Waals surface area contributed by atoms with Crippen LogP contribution in [0.5, 0.6) is 0 Å². The van der Waals surface area contributed by atoms with Crippen molar-refractivity contribution in [3.63, 3.8) is 0 Å². The van der Waals surface area contributed by atoms with Gasteiger partial charge in [0.1, 0.15) is 0 Å². The molecule has 0 aromatic heterocycles. The summed E-state index contributed by atoms with van der Waals surface area (Å²) in [6.07, 6.45) is 7.05. The maximum absolute atomic E-state index is 5.76. The van der Waals surface area contributed by atoms with E-state index in [0.717, 1.165) is 23.7 Å². The van der Waals surface area contributed by atoms with Gasteiger partial charge in [-0.3, -0.25) is 0 Å². The maximum atomic E-state index is 5.76. The third-order valence-corrected chi connectivity index (χ3v) is 8.95. The summed E-state index contributed by atoms with van der Waals surface area (Å²) in [4.78, 5) is 0. The van der Waals surface area contributed by atoms with Crippen molar-refractivity contribution in [1.82, 2.24) is 0 Å². The van der Waals surface area contributed by atoms with Crippen molar-refractivity contribution in [2.75, 3.05) is 21.3 Å². The summed E-state index contributed by atoms with van der Waals surface area (Å²) in [6, 6.07) is 0. The molecule has 0 aromatic rings. The minimum Gasteiger partial charge on any atom is -0.377 e. The highest BCUT2D eigenvalue weighted by molar-refractivity contribution is 6.62. The Bertz CT molecular complexity index is 254. The Labute approximate surface area is 105 Å². The van der Waals surface area contributed by atoms with Crippen LogP contribution in [0.3, 0.4) is 0 Å². The SMILES string of the molecule is CO[Si](OC)(OC)C1C2CC3CC(C2)CC1C3. The Hall–Kier alpha value is 0.0969. The van der Waals surface area contributed by atoms with Crippen LogP contribution in [0, 0.1) is 23.7 Å². The zero-order chi connectivity index (χ0) is 12.0. The molecule has 4 aliphatic rings. The molecule has 4 fully saturated rings. The number of rotatable bonds is 4. The molecule has 0 saturated heterocycles. The summed E-state index contributed by atoms with van der Waals surface area (Å²) < 4.78 is 17.3. The minimum absolute atomic E-state index is 0.565. The summed E-state index contributed by atoms with van der Waals surface area (Å²) in [5, 5.41) is 0. The van der Waals surface area contributed by atoms with Gasteiger partial charge in [-0.25, -0.2) is 0 Å². The highest BCUT2D eigenvalue weighted by Gasteiger charge is 2.60. The van der Waals surface area contributed by atoms with E-state index >= 15 is 0 Å². The molecule has 0 unspecified atom stereocenters. The highest BCUT2D eigenvalue weighted by atomic mass is 28.4. The third-order valence-electron chi connectivity index (χ3n) is 5.49. The van der Waals surface area contributed by atoms with Gasteiger partial charge >= 0.3 is 8.80 Å². The summed E-state index contributed by atoms with van der Waals surface area (Å²) in [7, 11) is 2.88. The molecule has 0 amide bonds. The number of hydrogen-bond acceptors (Lipinski definition) is 3.